The van der Waals surface area contributed by atoms with Crippen LogP contribution in [0.3, 0.4) is 0 Å². The van der Waals surface area contributed by atoms with Crippen molar-refractivity contribution in [1.29, 1.82) is 0 Å². The molecule has 0 radical (unpaired) electrons. The summed E-state index contributed by atoms with van der Waals surface area (Å²) in [4.78, 5) is 4.11. The number of nitrogens with zero attached hydrogens (tertiary/aromatic N) is 2. The van der Waals surface area contributed by atoms with Gasteiger partial charge in [0, 0.05) is 31.4 Å². The first-order valence-electron chi connectivity index (χ1n) is 7.25. The molecule has 0 bridgehead atoms. The largest absolute Gasteiger partial charge is 0.465 e. The summed E-state index contributed by atoms with van der Waals surface area (Å²) in [5.41, 5.74) is 0.171. The van der Waals surface area contributed by atoms with Crippen LogP contribution < -0.4 is 5.32 Å². The zero-order chi connectivity index (χ0) is 14.6. The minimum absolute atomic E-state index is 0.171. The zero-order valence-electron chi connectivity index (χ0n) is 12.9. The van der Waals surface area contributed by atoms with Gasteiger partial charge >= 0.3 is 0 Å². The molecular weight excluding hydrogens is 250 g/mol. The molecule has 2 heterocycles. The Morgan fingerprint density at radius 3 is 2.60 bits per heavy atom. The van der Waals surface area contributed by atoms with Crippen LogP contribution in [0, 0.1) is 5.41 Å². The van der Waals surface area contributed by atoms with Crippen LogP contribution in [-0.4, -0.2) is 15.6 Å². The minimum atomic E-state index is 0.171. The maximum absolute atomic E-state index is 5.75. The van der Waals surface area contributed by atoms with E-state index in [0.29, 0.717) is 6.04 Å². The first-order valence-corrected chi connectivity index (χ1v) is 7.25. The van der Waals surface area contributed by atoms with Gasteiger partial charge in [-0.15, -0.1) is 0 Å². The zero-order valence-corrected chi connectivity index (χ0v) is 12.9. The molecule has 0 aliphatic rings. The second-order valence-electron chi connectivity index (χ2n) is 6.28. The topological polar surface area (TPSA) is 43.0 Å². The van der Waals surface area contributed by atoms with Gasteiger partial charge in [0.05, 0.1) is 12.9 Å². The summed E-state index contributed by atoms with van der Waals surface area (Å²) in [5.74, 6) is 2.05. The van der Waals surface area contributed by atoms with Crippen molar-refractivity contribution in [3.63, 3.8) is 0 Å². The van der Waals surface area contributed by atoms with Gasteiger partial charge < -0.3 is 14.3 Å². The van der Waals surface area contributed by atoms with Crippen molar-refractivity contribution in [2.75, 3.05) is 0 Å². The van der Waals surface area contributed by atoms with Crippen molar-refractivity contribution in [1.82, 2.24) is 14.9 Å². The van der Waals surface area contributed by atoms with Crippen molar-refractivity contribution in [3.05, 3.63) is 42.4 Å². The Kier molecular flexibility index (Phi) is 4.65. The second kappa shape index (κ2) is 6.27. The van der Waals surface area contributed by atoms with Crippen LogP contribution in [0.15, 0.2) is 35.3 Å². The van der Waals surface area contributed by atoms with Crippen LogP contribution in [0.4, 0.5) is 0 Å². The third kappa shape index (κ3) is 3.97. The van der Waals surface area contributed by atoms with Crippen molar-refractivity contribution in [2.45, 2.75) is 53.2 Å². The number of rotatable bonds is 6. The third-order valence-electron chi connectivity index (χ3n) is 3.59. The molecule has 0 saturated heterocycles. The first kappa shape index (κ1) is 14.9. The smallest absolute Gasteiger partial charge is 0.117 e. The Labute approximate surface area is 121 Å². The molecule has 2 aromatic rings. The molecule has 110 valence electrons. The van der Waals surface area contributed by atoms with Gasteiger partial charge in [-0.2, -0.15) is 0 Å². The second-order valence-corrected chi connectivity index (χ2v) is 6.28. The molecule has 4 heteroatoms. The lowest BCUT2D eigenvalue weighted by Gasteiger charge is -2.31. The number of furan rings is 1. The average Bonchev–Trinajstić information content (AvgIpc) is 3.04. The fourth-order valence-electron chi connectivity index (χ4n) is 2.18. The Balaban J connectivity index is 1.97. The number of aryl methyl sites for hydroxylation is 1. The number of imidazole rings is 1. The molecule has 2 aromatic heterocycles. The van der Waals surface area contributed by atoms with Gasteiger partial charge in [0.2, 0.25) is 0 Å². The minimum Gasteiger partial charge on any atom is -0.465 e. The summed E-state index contributed by atoms with van der Waals surface area (Å²) in [6.45, 7) is 10.5. The summed E-state index contributed by atoms with van der Waals surface area (Å²) in [6.07, 6.45) is 6.63. The highest BCUT2D eigenvalue weighted by atomic mass is 16.3. The Hall–Kier alpha value is -1.55. The van der Waals surface area contributed by atoms with Crippen LogP contribution >= 0.6 is 0 Å². The number of hydrogen-bond acceptors (Lipinski definition) is 3. The van der Waals surface area contributed by atoms with Gasteiger partial charge in [-0.05, 0) is 17.5 Å². The predicted molar refractivity (Wildman–Crippen MR) is 80.4 cm³/mol. The molecular formula is C16H25N3O. The van der Waals surface area contributed by atoms with E-state index in [2.05, 4.69) is 54.7 Å². The van der Waals surface area contributed by atoms with Crippen molar-refractivity contribution in [3.8, 4) is 0 Å². The molecule has 0 aliphatic carbocycles. The standard InChI is InChI=1S/C16H25N3O/c1-5-13-6-7-14(20-13)10-18-15(16(2,3)4)11-19-9-8-17-12-19/h6-9,12,15,18H,5,10-11H2,1-4H3. The normalized spacial score (nSPS) is 13.6. The summed E-state index contributed by atoms with van der Waals surface area (Å²) in [5, 5.41) is 3.61. The average molecular weight is 275 g/mol. The highest BCUT2D eigenvalue weighted by Crippen LogP contribution is 2.21. The van der Waals surface area contributed by atoms with Gasteiger partial charge in [0.1, 0.15) is 11.5 Å². The fourth-order valence-corrected chi connectivity index (χ4v) is 2.18. The van der Waals surface area contributed by atoms with E-state index in [0.717, 1.165) is 31.0 Å². The van der Waals surface area contributed by atoms with E-state index in [1.807, 2.05) is 18.7 Å². The number of aromatic nitrogens is 2. The summed E-state index contributed by atoms with van der Waals surface area (Å²) in [6, 6.07) is 4.47. The van der Waals surface area contributed by atoms with E-state index in [9.17, 15) is 0 Å². The summed E-state index contributed by atoms with van der Waals surface area (Å²) in [7, 11) is 0. The monoisotopic (exact) mass is 275 g/mol. The van der Waals surface area contributed by atoms with Crippen LogP contribution in [0.1, 0.15) is 39.2 Å². The van der Waals surface area contributed by atoms with Crippen LogP contribution in [0.5, 0.6) is 0 Å². The van der Waals surface area contributed by atoms with Gasteiger partial charge in [-0.1, -0.05) is 27.7 Å². The van der Waals surface area contributed by atoms with Crippen molar-refractivity contribution < 1.29 is 4.42 Å². The van der Waals surface area contributed by atoms with E-state index >= 15 is 0 Å². The van der Waals surface area contributed by atoms with E-state index in [1.54, 1.807) is 0 Å². The van der Waals surface area contributed by atoms with Crippen LogP contribution in [0.25, 0.3) is 0 Å². The highest BCUT2D eigenvalue weighted by Gasteiger charge is 2.24. The quantitative estimate of drug-likeness (QED) is 0.880. The predicted octanol–water partition coefficient (Wildman–Crippen LogP) is 3.24. The lowest BCUT2D eigenvalue weighted by Crippen LogP contribution is -2.42. The lowest BCUT2D eigenvalue weighted by molar-refractivity contribution is 0.234. The molecule has 0 amide bonds. The lowest BCUT2D eigenvalue weighted by atomic mass is 9.86. The van der Waals surface area contributed by atoms with Gasteiger partial charge in [0.25, 0.3) is 0 Å². The number of hydrogen-bond donors (Lipinski definition) is 1. The number of nitrogens with one attached hydrogen (secondary N) is 1. The molecule has 20 heavy (non-hydrogen) atoms. The Bertz CT molecular complexity index is 508. The third-order valence-corrected chi connectivity index (χ3v) is 3.59. The highest BCUT2D eigenvalue weighted by molar-refractivity contribution is 5.07. The molecule has 0 fully saturated rings. The molecule has 1 N–H and O–H groups in total. The first-order chi connectivity index (χ1) is 9.49. The fraction of sp³-hybridized carbons (Fsp3) is 0.562. The molecule has 2 rings (SSSR count). The van der Waals surface area contributed by atoms with Gasteiger partial charge in [-0.25, -0.2) is 4.98 Å². The molecule has 0 aromatic carbocycles. The summed E-state index contributed by atoms with van der Waals surface area (Å²) >= 11 is 0. The Morgan fingerprint density at radius 1 is 1.30 bits per heavy atom. The van der Waals surface area contributed by atoms with Crippen molar-refractivity contribution >= 4 is 0 Å². The molecule has 1 atom stereocenters. The summed E-state index contributed by atoms with van der Waals surface area (Å²) < 4.78 is 7.86. The maximum atomic E-state index is 5.75. The molecule has 0 aliphatic heterocycles. The molecule has 0 spiro atoms. The SMILES string of the molecule is CCc1ccc(CNC(Cn2ccnc2)C(C)(C)C)o1. The molecule has 4 nitrogen and oxygen atoms in total. The van der Waals surface area contributed by atoms with Crippen LogP contribution in [-0.2, 0) is 19.5 Å². The van der Waals surface area contributed by atoms with E-state index in [4.69, 9.17) is 4.42 Å². The van der Waals surface area contributed by atoms with E-state index < -0.39 is 0 Å². The van der Waals surface area contributed by atoms with Gasteiger partial charge in [0.15, 0.2) is 0 Å². The maximum Gasteiger partial charge on any atom is 0.117 e. The van der Waals surface area contributed by atoms with E-state index in [1.165, 1.54) is 0 Å². The molecule has 0 saturated carbocycles. The van der Waals surface area contributed by atoms with Gasteiger partial charge in [-0.3, -0.25) is 0 Å². The van der Waals surface area contributed by atoms with Crippen molar-refractivity contribution in [2.24, 2.45) is 5.41 Å². The Morgan fingerprint density at radius 2 is 2.05 bits per heavy atom. The molecule has 1 unspecified atom stereocenters. The van der Waals surface area contributed by atoms with Crippen LogP contribution in [0.2, 0.25) is 0 Å². The van der Waals surface area contributed by atoms with E-state index in [-0.39, 0.29) is 5.41 Å².